The first-order chi connectivity index (χ1) is 12.2. The lowest BCUT2D eigenvalue weighted by Crippen LogP contribution is -2.49. The standard InChI is InChI=1S/C19H23FN2OS2/c20-17-5-1-2-6-18(17)25-15-8-19(23)22-12-10-21(11-13-22)9-7-16-4-3-14-24-16/h1-6,14H,7-13,15H2. The molecule has 0 spiro atoms. The third kappa shape index (κ3) is 5.56. The van der Waals surface area contributed by atoms with Crippen molar-refractivity contribution in [3.05, 3.63) is 52.5 Å². The van der Waals surface area contributed by atoms with Gasteiger partial charge in [0.2, 0.25) is 5.91 Å². The highest BCUT2D eigenvalue weighted by Crippen LogP contribution is 2.22. The van der Waals surface area contributed by atoms with Crippen molar-refractivity contribution in [2.24, 2.45) is 0 Å². The summed E-state index contributed by atoms with van der Waals surface area (Å²) in [6, 6.07) is 11.0. The van der Waals surface area contributed by atoms with Crippen LogP contribution in [0.1, 0.15) is 11.3 Å². The Morgan fingerprint density at radius 2 is 1.92 bits per heavy atom. The first kappa shape index (κ1) is 18.4. The second-order valence-corrected chi connectivity index (χ2v) is 8.25. The molecule has 1 aliphatic heterocycles. The Labute approximate surface area is 156 Å². The molecule has 1 aromatic carbocycles. The molecule has 0 aliphatic carbocycles. The minimum atomic E-state index is -0.209. The largest absolute Gasteiger partial charge is 0.340 e. The van der Waals surface area contributed by atoms with Gasteiger partial charge >= 0.3 is 0 Å². The van der Waals surface area contributed by atoms with Gasteiger partial charge in [0.15, 0.2) is 0 Å². The minimum absolute atomic E-state index is 0.182. The predicted octanol–water partition coefficient (Wildman–Crippen LogP) is 3.76. The van der Waals surface area contributed by atoms with Crippen LogP contribution in [0.25, 0.3) is 0 Å². The number of amides is 1. The third-order valence-electron chi connectivity index (χ3n) is 4.39. The first-order valence-corrected chi connectivity index (χ1v) is 10.5. The van der Waals surface area contributed by atoms with Crippen molar-refractivity contribution < 1.29 is 9.18 Å². The lowest BCUT2D eigenvalue weighted by atomic mass is 10.2. The van der Waals surface area contributed by atoms with Gasteiger partial charge < -0.3 is 4.90 Å². The number of hydrogen-bond acceptors (Lipinski definition) is 4. The van der Waals surface area contributed by atoms with E-state index in [0.29, 0.717) is 17.1 Å². The van der Waals surface area contributed by atoms with E-state index >= 15 is 0 Å². The number of benzene rings is 1. The summed E-state index contributed by atoms with van der Waals surface area (Å²) in [7, 11) is 0. The fourth-order valence-electron chi connectivity index (χ4n) is 2.91. The highest BCUT2D eigenvalue weighted by Gasteiger charge is 2.20. The first-order valence-electron chi connectivity index (χ1n) is 8.62. The summed E-state index contributed by atoms with van der Waals surface area (Å²) in [5.41, 5.74) is 0. The van der Waals surface area contributed by atoms with Crippen LogP contribution >= 0.6 is 23.1 Å². The summed E-state index contributed by atoms with van der Waals surface area (Å²) in [5.74, 6) is 0.597. The van der Waals surface area contributed by atoms with E-state index in [0.717, 1.165) is 39.1 Å². The number of piperazine rings is 1. The molecule has 0 unspecified atom stereocenters. The Morgan fingerprint density at radius 1 is 1.12 bits per heavy atom. The number of carbonyl (C=O) groups excluding carboxylic acids is 1. The number of rotatable bonds is 7. The van der Waals surface area contributed by atoms with E-state index in [1.54, 1.807) is 23.5 Å². The fraction of sp³-hybridized carbons (Fsp3) is 0.421. The Hall–Kier alpha value is -1.37. The van der Waals surface area contributed by atoms with Gasteiger partial charge in [0.1, 0.15) is 5.82 Å². The fourth-order valence-corrected chi connectivity index (χ4v) is 4.49. The predicted molar refractivity (Wildman–Crippen MR) is 103 cm³/mol. The van der Waals surface area contributed by atoms with Crippen molar-refractivity contribution in [2.45, 2.75) is 17.7 Å². The van der Waals surface area contributed by atoms with E-state index in [9.17, 15) is 9.18 Å². The lowest BCUT2D eigenvalue weighted by Gasteiger charge is -2.34. The zero-order valence-corrected chi connectivity index (χ0v) is 15.8. The maximum atomic E-state index is 13.6. The molecule has 1 aliphatic rings. The highest BCUT2D eigenvalue weighted by atomic mass is 32.2. The highest BCUT2D eigenvalue weighted by molar-refractivity contribution is 7.99. The maximum absolute atomic E-state index is 13.6. The van der Waals surface area contributed by atoms with Crippen molar-refractivity contribution in [3.63, 3.8) is 0 Å². The van der Waals surface area contributed by atoms with Crippen LogP contribution in [0, 0.1) is 5.82 Å². The number of thioether (sulfide) groups is 1. The van der Waals surface area contributed by atoms with E-state index in [4.69, 9.17) is 0 Å². The zero-order valence-electron chi connectivity index (χ0n) is 14.2. The summed E-state index contributed by atoms with van der Waals surface area (Å²) in [5, 5.41) is 2.12. The SMILES string of the molecule is O=C(CCSc1ccccc1F)N1CCN(CCc2cccs2)CC1. The van der Waals surface area contributed by atoms with Crippen LogP contribution in [-0.4, -0.2) is 54.2 Å². The van der Waals surface area contributed by atoms with Gasteiger partial charge in [-0.2, -0.15) is 0 Å². The molecule has 1 amide bonds. The molecule has 134 valence electrons. The van der Waals surface area contributed by atoms with Crippen LogP contribution in [0.5, 0.6) is 0 Å². The Kier molecular flexibility index (Phi) is 6.90. The number of nitrogens with zero attached hydrogens (tertiary/aromatic N) is 2. The number of halogens is 1. The van der Waals surface area contributed by atoms with Gasteiger partial charge in [0.05, 0.1) is 0 Å². The molecule has 1 fully saturated rings. The second-order valence-electron chi connectivity index (χ2n) is 6.08. The topological polar surface area (TPSA) is 23.6 Å². The average Bonchev–Trinajstić information content (AvgIpc) is 3.15. The molecule has 1 aromatic heterocycles. The van der Waals surface area contributed by atoms with E-state index < -0.39 is 0 Å². The van der Waals surface area contributed by atoms with Crippen molar-refractivity contribution in [2.75, 3.05) is 38.5 Å². The Bertz CT molecular complexity index is 670. The van der Waals surface area contributed by atoms with Crippen molar-refractivity contribution in [1.29, 1.82) is 0 Å². The molecule has 25 heavy (non-hydrogen) atoms. The molecule has 3 nitrogen and oxygen atoms in total. The number of carbonyl (C=O) groups is 1. The normalized spacial score (nSPS) is 15.5. The van der Waals surface area contributed by atoms with Gasteiger partial charge in [-0.3, -0.25) is 9.69 Å². The summed E-state index contributed by atoms with van der Waals surface area (Å²) >= 11 is 3.22. The van der Waals surface area contributed by atoms with Gasteiger partial charge in [-0.15, -0.1) is 23.1 Å². The molecule has 2 heterocycles. The lowest BCUT2D eigenvalue weighted by molar-refractivity contribution is -0.132. The summed E-state index contributed by atoms with van der Waals surface area (Å²) in [6.45, 7) is 4.54. The zero-order chi connectivity index (χ0) is 17.5. The van der Waals surface area contributed by atoms with Gasteiger partial charge in [-0.25, -0.2) is 4.39 Å². The second kappa shape index (κ2) is 9.36. The average molecular weight is 379 g/mol. The molecule has 1 saturated heterocycles. The van der Waals surface area contributed by atoms with Crippen molar-refractivity contribution in [1.82, 2.24) is 9.80 Å². The van der Waals surface area contributed by atoms with Gasteiger partial charge in [0, 0.05) is 54.7 Å². The monoisotopic (exact) mass is 378 g/mol. The van der Waals surface area contributed by atoms with E-state index in [2.05, 4.69) is 22.4 Å². The van der Waals surface area contributed by atoms with Gasteiger partial charge in [-0.1, -0.05) is 18.2 Å². The summed E-state index contributed by atoms with van der Waals surface area (Å²) in [4.78, 5) is 18.7. The van der Waals surface area contributed by atoms with Crippen LogP contribution in [0.3, 0.4) is 0 Å². The maximum Gasteiger partial charge on any atom is 0.223 e. The molecular formula is C19H23FN2OS2. The van der Waals surface area contributed by atoms with Crippen LogP contribution in [0.15, 0.2) is 46.7 Å². The Morgan fingerprint density at radius 3 is 2.64 bits per heavy atom. The minimum Gasteiger partial charge on any atom is -0.340 e. The molecule has 3 rings (SSSR count). The molecule has 0 radical (unpaired) electrons. The molecule has 0 atom stereocenters. The molecule has 0 N–H and O–H groups in total. The van der Waals surface area contributed by atoms with Crippen LogP contribution < -0.4 is 0 Å². The quantitative estimate of drug-likeness (QED) is 0.686. The Balaban J connectivity index is 1.34. The third-order valence-corrected chi connectivity index (χ3v) is 6.38. The molecule has 2 aromatic rings. The van der Waals surface area contributed by atoms with Gasteiger partial charge in [-0.05, 0) is 30.0 Å². The molecule has 0 bridgehead atoms. The van der Waals surface area contributed by atoms with Crippen LogP contribution in [-0.2, 0) is 11.2 Å². The van der Waals surface area contributed by atoms with Crippen molar-refractivity contribution >= 4 is 29.0 Å². The molecule has 0 saturated carbocycles. The smallest absolute Gasteiger partial charge is 0.223 e. The van der Waals surface area contributed by atoms with Crippen molar-refractivity contribution in [3.8, 4) is 0 Å². The summed E-state index contributed by atoms with van der Waals surface area (Å²) in [6.07, 6.45) is 1.55. The summed E-state index contributed by atoms with van der Waals surface area (Å²) < 4.78 is 13.6. The van der Waals surface area contributed by atoms with Crippen LogP contribution in [0.2, 0.25) is 0 Å². The number of hydrogen-bond donors (Lipinski definition) is 0. The molecular weight excluding hydrogens is 355 g/mol. The van der Waals surface area contributed by atoms with E-state index in [-0.39, 0.29) is 11.7 Å². The molecule has 6 heteroatoms. The van der Waals surface area contributed by atoms with E-state index in [1.165, 1.54) is 22.7 Å². The number of thiophene rings is 1. The van der Waals surface area contributed by atoms with Gasteiger partial charge in [0.25, 0.3) is 0 Å². The van der Waals surface area contributed by atoms with E-state index in [1.807, 2.05) is 11.0 Å². The van der Waals surface area contributed by atoms with Crippen LogP contribution in [0.4, 0.5) is 4.39 Å².